The average Bonchev–Trinajstić information content (AvgIpc) is 3.34. The quantitative estimate of drug-likeness (QED) is 0.385. The zero-order valence-corrected chi connectivity index (χ0v) is 17.7. The number of nitrogens with one attached hydrogen (secondary N) is 2. The molecular weight excluding hydrogens is 410 g/mol. The van der Waals surface area contributed by atoms with E-state index in [2.05, 4.69) is 35.5 Å². The molecular formula is C21H21N9O2. The average molecular weight is 431 g/mol. The van der Waals surface area contributed by atoms with Crippen LogP contribution in [0.3, 0.4) is 0 Å². The highest BCUT2D eigenvalue weighted by Gasteiger charge is 2.21. The van der Waals surface area contributed by atoms with Crippen LogP contribution in [-0.4, -0.2) is 44.6 Å². The van der Waals surface area contributed by atoms with E-state index in [1.807, 2.05) is 13.0 Å². The number of fused-ring (bicyclic) bond motifs is 2. The van der Waals surface area contributed by atoms with Gasteiger partial charge in [-0.15, -0.1) is 0 Å². The molecule has 5 rings (SSSR count). The molecule has 162 valence electrons. The van der Waals surface area contributed by atoms with Crippen molar-refractivity contribution in [2.24, 2.45) is 0 Å². The van der Waals surface area contributed by atoms with E-state index in [0.29, 0.717) is 40.7 Å². The van der Waals surface area contributed by atoms with Crippen molar-refractivity contribution in [3.63, 3.8) is 0 Å². The smallest absolute Gasteiger partial charge is 0.278 e. The van der Waals surface area contributed by atoms with Crippen molar-refractivity contribution in [1.82, 2.24) is 39.5 Å². The molecule has 0 fully saturated rings. The molecule has 5 aromatic heterocycles. The molecule has 11 nitrogen and oxygen atoms in total. The molecule has 32 heavy (non-hydrogen) atoms. The third-order valence-electron chi connectivity index (χ3n) is 5.10. The maximum Gasteiger partial charge on any atom is 0.278 e. The highest BCUT2D eigenvalue weighted by molar-refractivity contribution is 5.79. The first-order chi connectivity index (χ1) is 15.3. The largest absolute Gasteiger partial charge is 0.384 e. The van der Waals surface area contributed by atoms with Gasteiger partial charge in [0.05, 0.1) is 29.3 Å². The van der Waals surface area contributed by atoms with Gasteiger partial charge >= 0.3 is 0 Å². The first-order valence-electron chi connectivity index (χ1n) is 10.1. The maximum atomic E-state index is 13.0. The molecule has 0 aromatic carbocycles. The van der Waals surface area contributed by atoms with Crippen LogP contribution in [0.15, 0.2) is 47.7 Å². The molecule has 0 amide bonds. The summed E-state index contributed by atoms with van der Waals surface area (Å²) in [6.45, 7) is 5.60. The van der Waals surface area contributed by atoms with Crippen molar-refractivity contribution in [3.05, 3.63) is 58.9 Å². The van der Waals surface area contributed by atoms with E-state index in [4.69, 9.17) is 0 Å². The van der Waals surface area contributed by atoms with Crippen molar-refractivity contribution in [1.29, 1.82) is 0 Å². The fourth-order valence-corrected chi connectivity index (χ4v) is 3.52. The predicted octanol–water partition coefficient (Wildman–Crippen LogP) is 2.24. The summed E-state index contributed by atoms with van der Waals surface area (Å²) in [4.78, 5) is 30.8. The first-order valence-corrected chi connectivity index (χ1v) is 10.1. The van der Waals surface area contributed by atoms with Gasteiger partial charge in [-0.25, -0.2) is 19.3 Å². The molecule has 0 saturated carbocycles. The van der Waals surface area contributed by atoms with E-state index in [0.717, 1.165) is 11.0 Å². The second kappa shape index (κ2) is 7.24. The van der Waals surface area contributed by atoms with Gasteiger partial charge < -0.3 is 10.4 Å². The van der Waals surface area contributed by atoms with Crippen LogP contribution in [-0.2, 0) is 12.1 Å². The molecule has 0 aliphatic rings. The van der Waals surface area contributed by atoms with Crippen LogP contribution in [0.4, 0.5) is 11.6 Å². The van der Waals surface area contributed by atoms with Crippen molar-refractivity contribution < 1.29 is 5.11 Å². The number of pyridine rings is 2. The Bertz CT molecular complexity index is 1510. The van der Waals surface area contributed by atoms with Crippen molar-refractivity contribution >= 4 is 33.7 Å². The van der Waals surface area contributed by atoms with Gasteiger partial charge in [0.25, 0.3) is 5.56 Å². The van der Waals surface area contributed by atoms with Gasteiger partial charge in [-0.05, 0) is 39.0 Å². The van der Waals surface area contributed by atoms with E-state index in [9.17, 15) is 9.90 Å². The van der Waals surface area contributed by atoms with E-state index in [1.165, 1.54) is 10.9 Å². The Labute approximate surface area is 181 Å². The lowest BCUT2D eigenvalue weighted by molar-refractivity contribution is 0.0738. The number of anilines is 2. The minimum absolute atomic E-state index is 0.218. The lowest BCUT2D eigenvalue weighted by atomic mass is 10.1. The lowest BCUT2D eigenvalue weighted by Crippen LogP contribution is -2.23. The van der Waals surface area contributed by atoms with Crippen LogP contribution in [0.2, 0.25) is 0 Å². The van der Waals surface area contributed by atoms with Gasteiger partial charge in [0.15, 0.2) is 11.5 Å². The second-order valence-electron chi connectivity index (χ2n) is 7.86. The molecule has 0 unspecified atom stereocenters. The van der Waals surface area contributed by atoms with Crippen molar-refractivity contribution in [2.45, 2.75) is 32.9 Å². The van der Waals surface area contributed by atoms with Gasteiger partial charge in [0, 0.05) is 12.7 Å². The van der Waals surface area contributed by atoms with E-state index >= 15 is 0 Å². The van der Waals surface area contributed by atoms with Crippen molar-refractivity contribution in [3.8, 4) is 5.82 Å². The normalized spacial score (nSPS) is 12.0. The van der Waals surface area contributed by atoms with Crippen LogP contribution >= 0.6 is 0 Å². The number of nitrogens with zero attached hydrogens (tertiary/aromatic N) is 7. The summed E-state index contributed by atoms with van der Waals surface area (Å²) in [6.07, 6.45) is 4.80. The second-order valence-corrected chi connectivity index (χ2v) is 7.86. The molecule has 0 saturated heterocycles. The van der Waals surface area contributed by atoms with Crippen LogP contribution in [0, 0.1) is 0 Å². The van der Waals surface area contributed by atoms with Gasteiger partial charge in [0.2, 0.25) is 5.95 Å². The number of aliphatic hydroxyl groups is 1. The standard InChI is InChI=1S/C21H21N9O2/c1-4-29-19(31)13-10-23-20(25-12-8-14-15(22-9-12)11-24-28-14)27-18(13)30(29)17-7-5-6-16(26-17)21(2,3)32/h5-11,32H,4H2,1-3H3,(H,24,28)(H,23,25,27). The molecule has 0 aliphatic heterocycles. The Morgan fingerprint density at radius 2 is 2.00 bits per heavy atom. The number of aromatic nitrogens is 8. The fraction of sp³-hybridized carbons (Fsp3) is 0.238. The summed E-state index contributed by atoms with van der Waals surface area (Å²) in [7, 11) is 0. The summed E-state index contributed by atoms with van der Waals surface area (Å²) < 4.78 is 3.19. The molecule has 3 N–H and O–H groups in total. The third kappa shape index (κ3) is 3.28. The minimum Gasteiger partial charge on any atom is -0.384 e. The van der Waals surface area contributed by atoms with Gasteiger partial charge in [-0.2, -0.15) is 10.1 Å². The molecule has 0 aliphatic carbocycles. The minimum atomic E-state index is -1.13. The molecule has 0 bridgehead atoms. The predicted molar refractivity (Wildman–Crippen MR) is 119 cm³/mol. The fourth-order valence-electron chi connectivity index (χ4n) is 3.52. The van der Waals surface area contributed by atoms with Gasteiger partial charge in [-0.1, -0.05) is 6.07 Å². The van der Waals surface area contributed by atoms with E-state index in [1.54, 1.807) is 49.1 Å². The van der Waals surface area contributed by atoms with Crippen molar-refractivity contribution in [2.75, 3.05) is 5.32 Å². The highest BCUT2D eigenvalue weighted by Crippen LogP contribution is 2.22. The topological polar surface area (TPSA) is 139 Å². The molecule has 5 aromatic rings. The summed E-state index contributed by atoms with van der Waals surface area (Å²) >= 11 is 0. The zero-order valence-electron chi connectivity index (χ0n) is 17.7. The first kappa shape index (κ1) is 19.8. The maximum absolute atomic E-state index is 13.0. The van der Waals surface area contributed by atoms with Crippen LogP contribution in [0.1, 0.15) is 26.5 Å². The zero-order chi connectivity index (χ0) is 22.5. The molecule has 0 atom stereocenters. The molecule has 11 heteroatoms. The lowest BCUT2D eigenvalue weighted by Gasteiger charge is -2.18. The van der Waals surface area contributed by atoms with Crippen LogP contribution in [0.5, 0.6) is 0 Å². The number of H-pyrrole nitrogens is 1. The highest BCUT2D eigenvalue weighted by atomic mass is 16.3. The molecule has 0 spiro atoms. The Kier molecular flexibility index (Phi) is 4.48. The van der Waals surface area contributed by atoms with Crippen LogP contribution < -0.4 is 10.9 Å². The number of rotatable bonds is 5. The monoisotopic (exact) mass is 431 g/mol. The van der Waals surface area contributed by atoms with Crippen LogP contribution in [0.25, 0.3) is 27.9 Å². The number of aromatic amines is 1. The Morgan fingerprint density at radius 1 is 1.16 bits per heavy atom. The summed E-state index contributed by atoms with van der Waals surface area (Å²) in [5.74, 6) is 0.780. The van der Waals surface area contributed by atoms with E-state index in [-0.39, 0.29) is 5.56 Å². The number of hydrogen-bond donors (Lipinski definition) is 3. The molecule has 5 heterocycles. The van der Waals surface area contributed by atoms with Gasteiger partial charge in [-0.3, -0.25) is 14.9 Å². The van der Waals surface area contributed by atoms with Gasteiger partial charge in [0.1, 0.15) is 16.5 Å². The number of hydrogen-bond acceptors (Lipinski definition) is 8. The SMILES string of the molecule is CCn1c(=O)c2cnc(Nc3cnc4cn[nH]c4c3)nc2n1-c1cccc(C(C)(C)O)n1. The van der Waals surface area contributed by atoms with E-state index < -0.39 is 5.60 Å². The third-order valence-corrected chi connectivity index (χ3v) is 5.10. The Balaban J connectivity index is 1.64. The Hall–Kier alpha value is -4.12. The molecule has 0 radical (unpaired) electrons. The summed E-state index contributed by atoms with van der Waals surface area (Å²) in [6, 6.07) is 7.15. The summed E-state index contributed by atoms with van der Waals surface area (Å²) in [5.41, 5.74) is 1.74. The summed E-state index contributed by atoms with van der Waals surface area (Å²) in [5, 5.41) is 20.7. The Morgan fingerprint density at radius 3 is 2.78 bits per heavy atom.